The summed E-state index contributed by atoms with van der Waals surface area (Å²) >= 11 is 0. The molecule has 1 fully saturated rings. The second-order valence-electron chi connectivity index (χ2n) is 11.1. The molecule has 3 aromatic rings. The minimum absolute atomic E-state index is 0.157. The highest BCUT2D eigenvalue weighted by Crippen LogP contribution is 2.36. The van der Waals surface area contributed by atoms with E-state index in [9.17, 15) is 9.90 Å². The topological polar surface area (TPSA) is 85.3 Å². The molecule has 0 radical (unpaired) electrons. The van der Waals surface area contributed by atoms with Gasteiger partial charge in [-0.25, -0.2) is 0 Å². The number of aromatic hydroxyl groups is 1. The molecule has 0 atom stereocenters. The zero-order valence-corrected chi connectivity index (χ0v) is 24.8. The lowest BCUT2D eigenvalue weighted by molar-refractivity contribution is -0.130. The van der Waals surface area contributed by atoms with Crippen molar-refractivity contribution in [3.8, 4) is 11.8 Å². The fourth-order valence-electron chi connectivity index (χ4n) is 6.06. The highest BCUT2D eigenvalue weighted by atomic mass is 16.5. The van der Waals surface area contributed by atoms with E-state index in [2.05, 4.69) is 34.6 Å². The van der Waals surface area contributed by atoms with Gasteiger partial charge in [-0.05, 0) is 37.1 Å². The van der Waals surface area contributed by atoms with Gasteiger partial charge in [-0.15, -0.1) is 0 Å². The van der Waals surface area contributed by atoms with Gasteiger partial charge in [0.2, 0.25) is 5.91 Å². The fourth-order valence-corrected chi connectivity index (χ4v) is 6.06. The number of carbonyl (C=O) groups excluding carboxylic acids is 1. The Morgan fingerprint density at radius 3 is 2.51 bits per heavy atom. The summed E-state index contributed by atoms with van der Waals surface area (Å²) in [7, 11) is 0. The van der Waals surface area contributed by atoms with E-state index in [-0.39, 0.29) is 11.7 Å². The Labute approximate surface area is 243 Å². The van der Waals surface area contributed by atoms with Gasteiger partial charge >= 0.3 is 6.01 Å². The maximum Gasteiger partial charge on any atom is 0.318 e. The maximum atomic E-state index is 11.6. The van der Waals surface area contributed by atoms with E-state index < -0.39 is 0 Å². The number of benzene rings is 2. The van der Waals surface area contributed by atoms with E-state index in [0.29, 0.717) is 19.2 Å². The van der Waals surface area contributed by atoms with Crippen molar-refractivity contribution >= 4 is 28.2 Å². The number of hydrogen-bond donors (Lipinski definition) is 1. The van der Waals surface area contributed by atoms with Gasteiger partial charge in [-0.2, -0.15) is 9.97 Å². The number of amides is 1. The van der Waals surface area contributed by atoms with Gasteiger partial charge in [0, 0.05) is 82.0 Å². The lowest BCUT2D eigenvalue weighted by Crippen LogP contribution is -2.48. The third-order valence-electron chi connectivity index (χ3n) is 8.14. The monoisotopic (exact) mass is 560 g/mol. The molecule has 0 bridgehead atoms. The van der Waals surface area contributed by atoms with Crippen molar-refractivity contribution in [3.05, 3.63) is 47.7 Å². The molecule has 9 nitrogen and oxygen atoms in total. The molecule has 0 aliphatic carbocycles. The molecule has 2 aliphatic heterocycles. The van der Waals surface area contributed by atoms with Gasteiger partial charge in [0.1, 0.15) is 11.6 Å². The Morgan fingerprint density at radius 2 is 1.78 bits per heavy atom. The van der Waals surface area contributed by atoms with Crippen molar-refractivity contribution in [2.24, 2.45) is 0 Å². The first-order valence-electron chi connectivity index (χ1n) is 15.2. The second-order valence-corrected chi connectivity index (χ2v) is 11.1. The van der Waals surface area contributed by atoms with Crippen LogP contribution in [0.1, 0.15) is 51.3 Å². The first-order chi connectivity index (χ1) is 20.0. The van der Waals surface area contributed by atoms with Crippen molar-refractivity contribution in [3.63, 3.8) is 0 Å². The first-order valence-corrected chi connectivity index (χ1v) is 15.2. The molecular weight excluding hydrogens is 516 g/mol. The zero-order chi connectivity index (χ0) is 28.8. The van der Waals surface area contributed by atoms with Crippen molar-refractivity contribution in [1.29, 1.82) is 0 Å². The van der Waals surface area contributed by atoms with Crippen LogP contribution in [0.4, 0.5) is 11.5 Å². The van der Waals surface area contributed by atoms with E-state index >= 15 is 0 Å². The molecule has 3 heterocycles. The normalized spacial score (nSPS) is 15.7. The number of ether oxygens (including phenoxy) is 1. The van der Waals surface area contributed by atoms with Crippen LogP contribution in [-0.2, 0) is 17.8 Å². The highest BCUT2D eigenvalue weighted by molar-refractivity contribution is 5.95. The zero-order valence-electron chi connectivity index (χ0n) is 24.8. The fraction of sp³-hybridized carbons (Fsp3) is 0.531. The average Bonchev–Trinajstić information content (AvgIpc) is 2.98. The van der Waals surface area contributed by atoms with E-state index in [4.69, 9.17) is 14.7 Å². The molecule has 0 unspecified atom stereocenters. The lowest BCUT2D eigenvalue weighted by Gasteiger charge is -2.34. The second kappa shape index (κ2) is 13.4. The first kappa shape index (κ1) is 28.9. The average molecular weight is 561 g/mol. The van der Waals surface area contributed by atoms with Crippen LogP contribution in [0.25, 0.3) is 10.8 Å². The predicted octanol–water partition coefficient (Wildman–Crippen LogP) is 4.46. The number of phenolic OH excluding ortho intramolecular Hbond substituents is 1. The minimum atomic E-state index is 0.157. The summed E-state index contributed by atoms with van der Waals surface area (Å²) < 4.78 is 6.20. The van der Waals surface area contributed by atoms with Crippen LogP contribution in [0, 0.1) is 0 Å². The number of piperazine rings is 1. The van der Waals surface area contributed by atoms with Crippen LogP contribution in [0.3, 0.4) is 0 Å². The van der Waals surface area contributed by atoms with E-state index in [0.717, 1.165) is 106 Å². The van der Waals surface area contributed by atoms with Crippen LogP contribution in [0.15, 0.2) is 36.4 Å². The van der Waals surface area contributed by atoms with Gasteiger partial charge in [0.15, 0.2) is 0 Å². The number of rotatable bonds is 11. The number of hydrogen-bond acceptors (Lipinski definition) is 8. The molecule has 1 aromatic heterocycles. The Bertz CT molecular complexity index is 1330. The van der Waals surface area contributed by atoms with Gasteiger partial charge in [0.05, 0.1) is 18.8 Å². The number of nitrogens with zero attached hydrogens (tertiary/aromatic N) is 6. The Balaban J connectivity index is 1.34. The van der Waals surface area contributed by atoms with Crippen molar-refractivity contribution in [2.75, 3.05) is 68.8 Å². The molecule has 2 aromatic carbocycles. The molecule has 0 spiro atoms. The SMILES string of the molecule is CCCN(CCC)c1nc(OCCCN2CCN(C(C)=O)CC2)nc2c1CCN(c1cc(O)cc3ccccc13)C2. The molecule has 220 valence electrons. The lowest BCUT2D eigenvalue weighted by atomic mass is 10.0. The van der Waals surface area contributed by atoms with E-state index in [1.165, 1.54) is 5.56 Å². The van der Waals surface area contributed by atoms with E-state index in [1.807, 2.05) is 35.2 Å². The Morgan fingerprint density at radius 1 is 1.02 bits per heavy atom. The molecule has 0 saturated carbocycles. The highest BCUT2D eigenvalue weighted by Gasteiger charge is 2.27. The van der Waals surface area contributed by atoms with Gasteiger partial charge in [-0.1, -0.05) is 38.1 Å². The predicted molar refractivity (Wildman–Crippen MR) is 164 cm³/mol. The van der Waals surface area contributed by atoms with Crippen LogP contribution < -0.4 is 14.5 Å². The van der Waals surface area contributed by atoms with Crippen molar-refractivity contribution < 1.29 is 14.6 Å². The summed E-state index contributed by atoms with van der Waals surface area (Å²) in [5.41, 5.74) is 3.24. The summed E-state index contributed by atoms with van der Waals surface area (Å²) in [5.74, 6) is 1.44. The molecule has 9 heteroatoms. The van der Waals surface area contributed by atoms with Gasteiger partial charge in [-0.3, -0.25) is 9.69 Å². The smallest absolute Gasteiger partial charge is 0.318 e. The summed E-state index contributed by atoms with van der Waals surface area (Å²) in [6, 6.07) is 12.3. The Hall–Kier alpha value is -3.59. The van der Waals surface area contributed by atoms with Crippen LogP contribution in [0.2, 0.25) is 0 Å². The summed E-state index contributed by atoms with van der Waals surface area (Å²) in [5, 5.41) is 12.6. The molecular formula is C32H44N6O3. The molecule has 1 amide bonds. The van der Waals surface area contributed by atoms with Crippen LogP contribution in [-0.4, -0.2) is 89.7 Å². The third kappa shape index (κ3) is 6.84. The third-order valence-corrected chi connectivity index (χ3v) is 8.14. The van der Waals surface area contributed by atoms with E-state index in [1.54, 1.807) is 6.92 Å². The quantitative estimate of drug-likeness (QED) is 0.344. The number of carbonyl (C=O) groups is 1. The molecule has 2 aliphatic rings. The molecule has 1 N–H and O–H groups in total. The summed E-state index contributed by atoms with van der Waals surface area (Å²) in [6.45, 7) is 14.3. The molecule has 1 saturated heterocycles. The standard InChI is InChI=1S/C32H44N6O3/c1-4-12-37(13-5-2)31-28-11-15-38(30-22-26(40)21-25-9-6-7-10-27(25)30)23-29(28)33-32(34-31)41-20-8-14-35-16-18-36(19-17-35)24(3)39/h6-7,9-10,21-22,40H,4-5,8,11-20,23H2,1-3H3. The Kier molecular flexibility index (Phi) is 9.44. The van der Waals surface area contributed by atoms with Gasteiger partial charge in [0.25, 0.3) is 0 Å². The summed E-state index contributed by atoms with van der Waals surface area (Å²) in [6.07, 6.45) is 3.82. The summed E-state index contributed by atoms with van der Waals surface area (Å²) in [4.78, 5) is 30.5. The number of phenols is 1. The van der Waals surface area contributed by atoms with Crippen molar-refractivity contribution in [1.82, 2.24) is 19.8 Å². The van der Waals surface area contributed by atoms with Crippen molar-refractivity contribution in [2.45, 2.75) is 53.0 Å². The number of anilines is 2. The minimum Gasteiger partial charge on any atom is -0.508 e. The number of fused-ring (bicyclic) bond motifs is 2. The van der Waals surface area contributed by atoms with Crippen LogP contribution >= 0.6 is 0 Å². The van der Waals surface area contributed by atoms with Crippen LogP contribution in [0.5, 0.6) is 11.8 Å². The van der Waals surface area contributed by atoms with Gasteiger partial charge < -0.3 is 24.5 Å². The largest absolute Gasteiger partial charge is 0.508 e. The molecule has 5 rings (SSSR count). The maximum absolute atomic E-state index is 11.6. The molecule has 41 heavy (non-hydrogen) atoms. The number of aromatic nitrogens is 2.